The van der Waals surface area contributed by atoms with Crippen molar-refractivity contribution in [1.29, 1.82) is 0 Å². The summed E-state index contributed by atoms with van der Waals surface area (Å²) in [4.78, 5) is 13.9. The van der Waals surface area contributed by atoms with Crippen LogP contribution in [-0.2, 0) is 10.2 Å². The number of nitrogens with one attached hydrogen (secondary N) is 1. The fourth-order valence-corrected chi connectivity index (χ4v) is 3.64. The van der Waals surface area contributed by atoms with Gasteiger partial charge in [0.15, 0.2) is 0 Å². The summed E-state index contributed by atoms with van der Waals surface area (Å²) in [6.07, 6.45) is 0. The average Bonchev–Trinajstić information content (AvgIpc) is 3.14. The molecule has 3 aromatic rings. The Morgan fingerprint density at radius 3 is 2.54 bits per heavy atom. The summed E-state index contributed by atoms with van der Waals surface area (Å²) in [6.45, 7) is 4.26. The van der Waals surface area contributed by atoms with E-state index in [2.05, 4.69) is 29.6 Å². The van der Waals surface area contributed by atoms with Crippen molar-refractivity contribution in [2.45, 2.75) is 25.3 Å². The van der Waals surface area contributed by atoms with Gasteiger partial charge in [0, 0.05) is 11.4 Å². The first-order valence-corrected chi connectivity index (χ1v) is 8.94. The van der Waals surface area contributed by atoms with E-state index in [1.807, 2.05) is 49.6 Å². The van der Waals surface area contributed by atoms with Crippen LogP contribution < -0.4 is 11.1 Å². The van der Waals surface area contributed by atoms with Crippen LogP contribution in [0.25, 0.3) is 10.8 Å². The van der Waals surface area contributed by atoms with Gasteiger partial charge in [0.1, 0.15) is 0 Å². The number of benzene rings is 2. The Morgan fingerprint density at radius 1 is 1.12 bits per heavy atom. The zero-order valence-corrected chi connectivity index (χ0v) is 14.8. The normalized spacial score (nSPS) is 13.0. The summed E-state index contributed by atoms with van der Waals surface area (Å²) in [5.74, 6) is -0.00596. The van der Waals surface area contributed by atoms with Gasteiger partial charge in [0.25, 0.3) is 0 Å². The second kappa shape index (κ2) is 6.75. The van der Waals surface area contributed by atoms with Gasteiger partial charge in [-0.25, -0.2) is 0 Å². The Bertz CT molecular complexity index is 840. The molecule has 3 rings (SSSR count). The molecule has 0 radical (unpaired) electrons. The van der Waals surface area contributed by atoms with Crippen molar-refractivity contribution in [3.05, 3.63) is 70.4 Å². The fraction of sp³-hybridized carbons (Fsp3) is 0.250. The maximum atomic E-state index is 12.8. The van der Waals surface area contributed by atoms with Crippen LogP contribution in [0.15, 0.2) is 60.0 Å². The van der Waals surface area contributed by atoms with E-state index in [1.165, 1.54) is 5.39 Å². The van der Waals surface area contributed by atoms with Crippen LogP contribution in [0, 0.1) is 0 Å². The molecule has 4 heteroatoms. The predicted octanol–water partition coefficient (Wildman–Crippen LogP) is 4.00. The van der Waals surface area contributed by atoms with E-state index in [0.717, 1.165) is 15.8 Å². The zero-order chi connectivity index (χ0) is 17.2. The first-order valence-electron chi connectivity index (χ1n) is 8.06. The predicted molar refractivity (Wildman–Crippen MR) is 101 cm³/mol. The van der Waals surface area contributed by atoms with Crippen molar-refractivity contribution < 1.29 is 4.79 Å². The molecule has 1 unspecified atom stereocenters. The minimum atomic E-state index is -0.571. The first kappa shape index (κ1) is 16.7. The van der Waals surface area contributed by atoms with Gasteiger partial charge in [-0.15, -0.1) is 11.3 Å². The number of rotatable bonds is 5. The van der Waals surface area contributed by atoms with Crippen molar-refractivity contribution in [2.75, 3.05) is 6.54 Å². The summed E-state index contributed by atoms with van der Waals surface area (Å²) in [5, 5.41) is 7.45. The van der Waals surface area contributed by atoms with Gasteiger partial charge in [-0.1, -0.05) is 42.5 Å². The minimum Gasteiger partial charge on any atom is -0.347 e. The van der Waals surface area contributed by atoms with Crippen molar-refractivity contribution in [3.63, 3.8) is 0 Å². The van der Waals surface area contributed by atoms with Gasteiger partial charge in [-0.3, -0.25) is 4.79 Å². The lowest BCUT2D eigenvalue weighted by Gasteiger charge is -2.26. The Morgan fingerprint density at radius 2 is 1.88 bits per heavy atom. The number of hydrogen-bond donors (Lipinski definition) is 2. The molecule has 1 amide bonds. The zero-order valence-electron chi connectivity index (χ0n) is 14.0. The van der Waals surface area contributed by atoms with Gasteiger partial charge in [0.05, 0.1) is 11.5 Å². The Balaban J connectivity index is 1.84. The molecular weight excluding hydrogens is 316 g/mol. The molecule has 1 atom stereocenters. The molecule has 24 heavy (non-hydrogen) atoms. The Labute approximate surface area is 146 Å². The van der Waals surface area contributed by atoms with Crippen LogP contribution in [-0.4, -0.2) is 12.5 Å². The smallest absolute Gasteiger partial charge is 0.231 e. The molecule has 0 aliphatic heterocycles. The molecule has 0 fully saturated rings. The molecular formula is C20H22N2OS. The average molecular weight is 338 g/mol. The second-order valence-electron chi connectivity index (χ2n) is 6.47. The fourth-order valence-electron chi connectivity index (χ4n) is 2.79. The highest BCUT2D eigenvalue weighted by Gasteiger charge is 2.32. The van der Waals surface area contributed by atoms with Crippen LogP contribution in [0.2, 0.25) is 0 Å². The number of thiophene rings is 1. The van der Waals surface area contributed by atoms with Gasteiger partial charge in [-0.05, 0) is 47.7 Å². The molecule has 0 saturated carbocycles. The van der Waals surface area contributed by atoms with Gasteiger partial charge < -0.3 is 11.1 Å². The third kappa shape index (κ3) is 3.21. The van der Waals surface area contributed by atoms with Crippen molar-refractivity contribution in [3.8, 4) is 0 Å². The van der Waals surface area contributed by atoms with E-state index in [-0.39, 0.29) is 11.9 Å². The summed E-state index contributed by atoms with van der Waals surface area (Å²) in [5.41, 5.74) is 6.41. The summed E-state index contributed by atoms with van der Waals surface area (Å²) in [6, 6.07) is 18.2. The van der Waals surface area contributed by atoms with Crippen molar-refractivity contribution in [2.24, 2.45) is 5.73 Å². The standard InChI is InChI=1S/C20H22N2OS/c1-20(2,18-8-5-11-24-18)19(23)22-17(13-21)16-10-9-14-6-3-4-7-15(14)12-16/h3-12,17H,13,21H2,1-2H3,(H,22,23). The quantitative estimate of drug-likeness (QED) is 0.739. The van der Waals surface area contributed by atoms with Crippen LogP contribution >= 0.6 is 11.3 Å². The molecule has 0 bridgehead atoms. The van der Waals surface area contributed by atoms with E-state index in [0.29, 0.717) is 6.54 Å². The Kier molecular flexibility index (Phi) is 4.69. The maximum Gasteiger partial charge on any atom is 0.231 e. The van der Waals surface area contributed by atoms with E-state index in [1.54, 1.807) is 11.3 Å². The molecule has 3 N–H and O–H groups in total. The monoisotopic (exact) mass is 338 g/mol. The lowest BCUT2D eigenvalue weighted by atomic mass is 9.89. The number of carbonyl (C=O) groups excluding carboxylic acids is 1. The van der Waals surface area contributed by atoms with E-state index in [9.17, 15) is 4.79 Å². The summed E-state index contributed by atoms with van der Waals surface area (Å²) < 4.78 is 0. The number of amides is 1. The number of carbonyl (C=O) groups is 1. The van der Waals surface area contributed by atoms with Crippen LogP contribution in [0.5, 0.6) is 0 Å². The third-order valence-corrected chi connectivity index (χ3v) is 5.62. The molecule has 0 spiro atoms. The first-order chi connectivity index (χ1) is 11.5. The highest BCUT2D eigenvalue weighted by molar-refractivity contribution is 7.10. The topological polar surface area (TPSA) is 55.1 Å². The van der Waals surface area contributed by atoms with Gasteiger partial charge in [-0.2, -0.15) is 0 Å². The molecule has 0 aliphatic carbocycles. The van der Waals surface area contributed by atoms with Crippen LogP contribution in [0.4, 0.5) is 0 Å². The highest BCUT2D eigenvalue weighted by atomic mass is 32.1. The molecule has 1 heterocycles. The van der Waals surface area contributed by atoms with E-state index >= 15 is 0 Å². The SMILES string of the molecule is CC(C)(C(=O)NC(CN)c1ccc2ccccc2c1)c1cccs1. The number of nitrogens with two attached hydrogens (primary N) is 1. The van der Waals surface area contributed by atoms with Crippen molar-refractivity contribution in [1.82, 2.24) is 5.32 Å². The van der Waals surface area contributed by atoms with Crippen molar-refractivity contribution >= 4 is 28.0 Å². The number of hydrogen-bond acceptors (Lipinski definition) is 3. The van der Waals surface area contributed by atoms with E-state index < -0.39 is 5.41 Å². The molecule has 0 aliphatic rings. The summed E-state index contributed by atoms with van der Waals surface area (Å²) in [7, 11) is 0. The summed E-state index contributed by atoms with van der Waals surface area (Å²) >= 11 is 1.60. The Hall–Kier alpha value is -2.17. The van der Waals surface area contributed by atoms with Gasteiger partial charge in [0.2, 0.25) is 5.91 Å². The third-order valence-electron chi connectivity index (χ3n) is 4.42. The van der Waals surface area contributed by atoms with Gasteiger partial charge >= 0.3 is 0 Å². The van der Waals surface area contributed by atoms with Crippen LogP contribution in [0.3, 0.4) is 0 Å². The molecule has 0 saturated heterocycles. The molecule has 3 nitrogen and oxygen atoms in total. The highest BCUT2D eigenvalue weighted by Crippen LogP contribution is 2.29. The van der Waals surface area contributed by atoms with Crippen LogP contribution in [0.1, 0.15) is 30.3 Å². The lowest BCUT2D eigenvalue weighted by molar-refractivity contribution is -0.126. The molecule has 124 valence electrons. The minimum absolute atomic E-state index is 0.00596. The molecule has 2 aromatic carbocycles. The lowest BCUT2D eigenvalue weighted by Crippen LogP contribution is -2.43. The van der Waals surface area contributed by atoms with E-state index in [4.69, 9.17) is 5.73 Å². The molecule has 1 aromatic heterocycles. The second-order valence-corrected chi connectivity index (χ2v) is 7.42. The number of fused-ring (bicyclic) bond motifs is 1. The largest absolute Gasteiger partial charge is 0.347 e. The maximum absolute atomic E-state index is 12.8.